The Morgan fingerprint density at radius 2 is 1.96 bits per heavy atom. The quantitative estimate of drug-likeness (QED) is 0.250. The molecule has 4 N–H and O–H groups in total. The van der Waals surface area contributed by atoms with Crippen molar-refractivity contribution in [3.8, 4) is 6.01 Å². The predicted octanol–water partition coefficient (Wildman–Crippen LogP) is 5.01. The van der Waals surface area contributed by atoms with Crippen molar-refractivity contribution in [2.45, 2.75) is 57.8 Å². The molecule has 2 unspecified atom stereocenters. The Morgan fingerprint density at radius 3 is 2.65 bits per heavy atom. The minimum Gasteiger partial charge on any atom is -0.467 e. The molecule has 15 heteroatoms. The van der Waals surface area contributed by atoms with Gasteiger partial charge in [0.1, 0.15) is 11.5 Å². The summed E-state index contributed by atoms with van der Waals surface area (Å²) >= 11 is 12.5. The summed E-state index contributed by atoms with van der Waals surface area (Å²) in [6, 6.07) is 2.12. The number of nitrogen functional groups attached to an aromatic ring is 1. The van der Waals surface area contributed by atoms with E-state index >= 15 is 0 Å². The number of methoxy groups -OCH3 is 1. The molecular weight excluding hydrogens is 665 g/mol. The number of rotatable bonds is 5. The molecule has 4 aliphatic heterocycles. The minimum absolute atomic E-state index is 0.0496. The highest BCUT2D eigenvalue weighted by Crippen LogP contribution is 2.42. The Bertz CT molecular complexity index is 1610. The van der Waals surface area contributed by atoms with Gasteiger partial charge < -0.3 is 30.7 Å². The Labute approximate surface area is 289 Å². The zero-order chi connectivity index (χ0) is 34.7. The number of likely N-dealkylation sites (N-methyl/N-ethyl adjacent to an activating group) is 1. The van der Waals surface area contributed by atoms with Crippen molar-refractivity contribution < 1.29 is 23.0 Å². The molecule has 0 spiro atoms. The number of halogens is 4. The number of hydrogen-bond acceptors (Lipinski definition) is 10. The van der Waals surface area contributed by atoms with Crippen LogP contribution in [0, 0.1) is 5.82 Å². The van der Waals surface area contributed by atoms with Crippen LogP contribution in [0.15, 0.2) is 34.2 Å². The van der Waals surface area contributed by atoms with Crippen LogP contribution in [0.2, 0.25) is 10.0 Å². The fourth-order valence-corrected chi connectivity index (χ4v) is 6.98. The summed E-state index contributed by atoms with van der Waals surface area (Å²) in [6.07, 6.45) is 4.56. The van der Waals surface area contributed by atoms with Gasteiger partial charge in [-0.2, -0.15) is 9.97 Å². The van der Waals surface area contributed by atoms with Crippen LogP contribution in [-0.2, 0) is 22.6 Å². The number of nitrogens with two attached hydrogens (primary N) is 2. The van der Waals surface area contributed by atoms with Crippen LogP contribution < -0.4 is 21.1 Å². The largest absolute Gasteiger partial charge is 0.467 e. The van der Waals surface area contributed by atoms with E-state index < -0.39 is 11.9 Å². The topological polar surface area (TPSA) is 135 Å². The first kappa shape index (κ1) is 35.8. The van der Waals surface area contributed by atoms with E-state index in [1.165, 1.54) is 37.5 Å². The lowest BCUT2D eigenvalue weighted by molar-refractivity contribution is -0.124. The van der Waals surface area contributed by atoms with Crippen molar-refractivity contribution in [1.29, 1.82) is 0 Å². The van der Waals surface area contributed by atoms with Gasteiger partial charge in [0.15, 0.2) is 5.82 Å². The zero-order valence-electron chi connectivity index (χ0n) is 27.7. The molecule has 2 fully saturated rings. The van der Waals surface area contributed by atoms with E-state index in [9.17, 15) is 13.6 Å². The van der Waals surface area contributed by atoms with E-state index in [2.05, 4.69) is 19.9 Å². The van der Waals surface area contributed by atoms with Crippen molar-refractivity contribution in [1.82, 2.24) is 19.8 Å². The van der Waals surface area contributed by atoms with E-state index in [1.54, 1.807) is 21.0 Å². The normalized spacial score (nSPS) is 22.2. The first-order chi connectivity index (χ1) is 22.9. The van der Waals surface area contributed by atoms with E-state index in [-0.39, 0.29) is 51.9 Å². The van der Waals surface area contributed by atoms with Crippen LogP contribution in [0.1, 0.15) is 55.5 Å². The third kappa shape index (κ3) is 7.54. The molecule has 0 saturated carbocycles. The number of anilines is 2. The highest BCUT2D eigenvalue weighted by molar-refractivity contribution is 6.42. The number of benzene rings is 1. The maximum atomic E-state index is 15.0. The molecular formula is C33H42Cl2F2N8O3. The zero-order valence-corrected chi connectivity index (χ0v) is 29.2. The summed E-state index contributed by atoms with van der Waals surface area (Å²) in [4.78, 5) is 32.1. The van der Waals surface area contributed by atoms with Gasteiger partial charge in [0.25, 0.3) is 5.91 Å². The summed E-state index contributed by atoms with van der Waals surface area (Å²) in [5, 5.41) is 0.191. The Morgan fingerprint density at radius 1 is 1.19 bits per heavy atom. The number of aromatic nitrogens is 2. The second kappa shape index (κ2) is 15.4. The highest BCUT2D eigenvalue weighted by atomic mass is 35.5. The van der Waals surface area contributed by atoms with Crippen LogP contribution in [0.5, 0.6) is 6.01 Å². The molecule has 260 valence electrons. The van der Waals surface area contributed by atoms with Gasteiger partial charge in [0.05, 0.1) is 59.8 Å². The molecule has 0 aliphatic carbocycles. The third-order valence-electron chi connectivity index (χ3n) is 9.14. The smallest absolute Gasteiger partial charge is 0.318 e. The summed E-state index contributed by atoms with van der Waals surface area (Å²) in [5.41, 5.74) is 15.8. The standard InChI is InChI=1S/C25H30Cl2FN7O3.C8H12FN/c1-12(22(30)24(36)34(2)3)17-10-35(7-5-6-31-17)23-13-11-38-18(9-16(13)32-25(33-23)37-4)19-20(27)14(26)8-15(29)21(19)28;9-5-7-4-8-2-1-3-10(8)6-7/h8,18H,5-7,9-11,29-30H2,1-4H3;5,8H,1-4,6H2/b22-12-;7-5-. The number of carbonyl (C=O) groups excluding carboxylic acids is 1. The maximum Gasteiger partial charge on any atom is 0.318 e. The second-order valence-corrected chi connectivity index (χ2v) is 13.3. The van der Waals surface area contributed by atoms with Gasteiger partial charge in [-0.15, -0.1) is 0 Å². The van der Waals surface area contributed by atoms with Gasteiger partial charge >= 0.3 is 6.01 Å². The predicted molar refractivity (Wildman–Crippen MR) is 184 cm³/mol. The molecule has 0 radical (unpaired) electrons. The molecule has 11 nitrogen and oxygen atoms in total. The monoisotopic (exact) mass is 706 g/mol. The van der Waals surface area contributed by atoms with Gasteiger partial charge in [-0.3, -0.25) is 14.7 Å². The number of fused-ring (bicyclic) bond motifs is 2. The average Bonchev–Trinajstić information content (AvgIpc) is 3.60. The van der Waals surface area contributed by atoms with Gasteiger partial charge in [-0.05, 0) is 50.8 Å². The van der Waals surface area contributed by atoms with Crippen LogP contribution >= 0.6 is 23.2 Å². The summed E-state index contributed by atoms with van der Waals surface area (Å²) in [7, 11) is 4.77. The molecule has 5 heterocycles. The third-order valence-corrected chi connectivity index (χ3v) is 9.94. The van der Waals surface area contributed by atoms with Crippen LogP contribution in [0.25, 0.3) is 0 Å². The van der Waals surface area contributed by atoms with Crippen molar-refractivity contribution in [3.05, 3.63) is 61.9 Å². The van der Waals surface area contributed by atoms with Crippen molar-refractivity contribution >= 4 is 46.3 Å². The van der Waals surface area contributed by atoms with E-state index in [1.807, 2.05) is 4.90 Å². The second-order valence-electron chi connectivity index (χ2n) is 12.5. The molecule has 1 aromatic heterocycles. The lowest BCUT2D eigenvalue weighted by atomic mass is 9.98. The number of nitrogens with zero attached hydrogens (tertiary/aromatic N) is 6. The maximum absolute atomic E-state index is 15.0. The molecule has 1 aromatic carbocycles. The Hall–Kier alpha value is -3.52. The molecule has 1 amide bonds. The number of ether oxygens (including phenoxy) is 2. The summed E-state index contributed by atoms with van der Waals surface area (Å²) in [6.45, 7) is 5.54. The number of amides is 1. The molecule has 2 saturated heterocycles. The van der Waals surface area contributed by atoms with Crippen molar-refractivity contribution in [2.24, 2.45) is 10.7 Å². The average molecular weight is 708 g/mol. The van der Waals surface area contributed by atoms with Gasteiger partial charge in [0.2, 0.25) is 0 Å². The summed E-state index contributed by atoms with van der Waals surface area (Å²) < 4.78 is 38.5. The van der Waals surface area contributed by atoms with E-state index in [0.717, 1.165) is 36.9 Å². The van der Waals surface area contributed by atoms with Crippen molar-refractivity contribution in [3.63, 3.8) is 0 Å². The SMILES string of the molecule is COc1nc2c(c(N3CCCN=C(/C(C)=C(\N)C(=O)N(C)C)C3)n1)COC(c1c(F)c(N)cc(Cl)c1Cl)C2.F/C=C1/CC2CCCN2C1. The number of aliphatic imine (C=N–C) groups is 1. The molecule has 2 atom stereocenters. The van der Waals surface area contributed by atoms with Crippen LogP contribution in [0.4, 0.5) is 20.3 Å². The first-order valence-electron chi connectivity index (χ1n) is 15.9. The fraction of sp³-hybridized carbons (Fsp3) is 0.515. The fourth-order valence-electron chi connectivity index (χ4n) is 6.50. The molecule has 6 rings (SSSR count). The number of hydrogen-bond donors (Lipinski definition) is 2. The van der Waals surface area contributed by atoms with Gasteiger partial charge in [-0.1, -0.05) is 23.2 Å². The number of carbonyl (C=O) groups is 1. The van der Waals surface area contributed by atoms with Gasteiger partial charge in [0, 0.05) is 62.9 Å². The van der Waals surface area contributed by atoms with Crippen LogP contribution in [-0.4, -0.2) is 91.4 Å². The lowest BCUT2D eigenvalue weighted by Crippen LogP contribution is -2.35. The van der Waals surface area contributed by atoms with Gasteiger partial charge in [-0.25, -0.2) is 8.78 Å². The van der Waals surface area contributed by atoms with Crippen LogP contribution in [0.3, 0.4) is 0 Å². The lowest BCUT2D eigenvalue weighted by Gasteiger charge is -2.31. The van der Waals surface area contributed by atoms with Crippen molar-refractivity contribution in [2.75, 3.05) is 64.6 Å². The highest BCUT2D eigenvalue weighted by Gasteiger charge is 2.33. The first-order valence-corrected chi connectivity index (χ1v) is 16.7. The van der Waals surface area contributed by atoms with E-state index in [4.69, 9.17) is 44.1 Å². The summed E-state index contributed by atoms with van der Waals surface area (Å²) in [5.74, 6) is -0.342. The molecule has 48 heavy (non-hydrogen) atoms. The van der Waals surface area contributed by atoms with E-state index in [0.29, 0.717) is 48.5 Å². The minimum atomic E-state index is -0.758. The molecule has 2 aromatic rings. The Balaban J connectivity index is 0.000000380. The molecule has 0 bridgehead atoms. The Kier molecular flexibility index (Phi) is 11.4. The molecule has 4 aliphatic rings.